The summed E-state index contributed by atoms with van der Waals surface area (Å²) in [5, 5.41) is 2.90. The van der Waals surface area contributed by atoms with Crippen molar-refractivity contribution in [3.05, 3.63) is 54.1 Å². The topological polar surface area (TPSA) is 47.6 Å². The van der Waals surface area contributed by atoms with Crippen LogP contribution in [0.2, 0.25) is 0 Å². The number of nitrogens with one attached hydrogen (secondary N) is 1. The molecule has 0 saturated carbocycles. The Bertz CT molecular complexity index is 680. The number of para-hydroxylation sites is 1. The molecular weight excluding hydrogens is 302 g/mol. The van der Waals surface area contributed by atoms with E-state index in [2.05, 4.69) is 19.2 Å². The SMILES string of the molecule is CC(C)COc1cccc(NC(=O)c2ccccc2OC(C)C)c1. The highest BCUT2D eigenvalue weighted by atomic mass is 16.5. The molecule has 2 aromatic carbocycles. The average Bonchev–Trinajstić information content (AvgIpc) is 2.53. The molecule has 0 aliphatic rings. The van der Waals surface area contributed by atoms with E-state index in [0.29, 0.717) is 29.5 Å². The van der Waals surface area contributed by atoms with Gasteiger partial charge in [-0.2, -0.15) is 0 Å². The van der Waals surface area contributed by atoms with E-state index in [1.54, 1.807) is 12.1 Å². The zero-order valence-electron chi connectivity index (χ0n) is 14.7. The predicted molar refractivity (Wildman–Crippen MR) is 96.9 cm³/mol. The maximum absolute atomic E-state index is 12.6. The summed E-state index contributed by atoms with van der Waals surface area (Å²) in [5.41, 5.74) is 1.21. The van der Waals surface area contributed by atoms with Gasteiger partial charge >= 0.3 is 0 Å². The Morgan fingerprint density at radius 2 is 1.79 bits per heavy atom. The van der Waals surface area contributed by atoms with Gasteiger partial charge < -0.3 is 14.8 Å². The summed E-state index contributed by atoms with van der Waals surface area (Å²) >= 11 is 0. The van der Waals surface area contributed by atoms with Crippen LogP contribution in [0, 0.1) is 5.92 Å². The van der Waals surface area contributed by atoms with Crippen molar-refractivity contribution in [2.45, 2.75) is 33.8 Å². The van der Waals surface area contributed by atoms with Gasteiger partial charge in [-0.1, -0.05) is 32.0 Å². The normalized spacial score (nSPS) is 10.8. The van der Waals surface area contributed by atoms with E-state index in [9.17, 15) is 4.79 Å². The second-order valence-electron chi connectivity index (χ2n) is 6.35. The van der Waals surface area contributed by atoms with Crippen molar-refractivity contribution in [3.63, 3.8) is 0 Å². The predicted octanol–water partition coefficient (Wildman–Crippen LogP) is 4.76. The van der Waals surface area contributed by atoms with E-state index < -0.39 is 0 Å². The second-order valence-corrected chi connectivity index (χ2v) is 6.35. The van der Waals surface area contributed by atoms with E-state index in [1.165, 1.54) is 0 Å². The summed E-state index contributed by atoms with van der Waals surface area (Å²) in [6, 6.07) is 14.6. The van der Waals surface area contributed by atoms with Crippen molar-refractivity contribution in [1.29, 1.82) is 0 Å². The molecule has 0 aromatic heterocycles. The molecule has 0 aliphatic carbocycles. The summed E-state index contributed by atoms with van der Waals surface area (Å²) in [6.45, 7) is 8.70. The molecule has 4 nitrogen and oxygen atoms in total. The summed E-state index contributed by atoms with van der Waals surface area (Å²) in [5.74, 6) is 1.57. The lowest BCUT2D eigenvalue weighted by Crippen LogP contribution is -2.15. The van der Waals surface area contributed by atoms with Crippen LogP contribution >= 0.6 is 0 Å². The first kappa shape index (κ1) is 17.9. The van der Waals surface area contributed by atoms with Crippen LogP contribution in [-0.4, -0.2) is 18.6 Å². The quantitative estimate of drug-likeness (QED) is 0.797. The molecule has 0 unspecified atom stereocenters. The second kappa shape index (κ2) is 8.39. The van der Waals surface area contributed by atoms with Gasteiger partial charge in [-0.15, -0.1) is 0 Å². The average molecular weight is 327 g/mol. The van der Waals surface area contributed by atoms with Gasteiger partial charge in [0.15, 0.2) is 0 Å². The molecule has 2 rings (SSSR count). The number of ether oxygens (including phenoxy) is 2. The first-order valence-corrected chi connectivity index (χ1v) is 8.25. The lowest BCUT2D eigenvalue weighted by atomic mass is 10.1. The lowest BCUT2D eigenvalue weighted by Gasteiger charge is -2.14. The summed E-state index contributed by atoms with van der Waals surface area (Å²) in [6.07, 6.45) is 0.00621. The van der Waals surface area contributed by atoms with Gasteiger partial charge in [0.1, 0.15) is 11.5 Å². The molecule has 0 saturated heterocycles. The third kappa shape index (κ3) is 5.30. The summed E-state index contributed by atoms with van der Waals surface area (Å²) in [7, 11) is 0. The van der Waals surface area contributed by atoms with Gasteiger partial charge in [-0.25, -0.2) is 0 Å². The molecule has 0 fully saturated rings. The van der Waals surface area contributed by atoms with Gasteiger partial charge in [0, 0.05) is 11.8 Å². The molecule has 4 heteroatoms. The number of anilines is 1. The highest BCUT2D eigenvalue weighted by molar-refractivity contribution is 6.06. The van der Waals surface area contributed by atoms with Crippen LogP contribution in [-0.2, 0) is 0 Å². The van der Waals surface area contributed by atoms with Crippen LogP contribution in [0.3, 0.4) is 0 Å². The van der Waals surface area contributed by atoms with Crippen LogP contribution in [0.1, 0.15) is 38.1 Å². The first-order chi connectivity index (χ1) is 11.5. The highest BCUT2D eigenvalue weighted by Crippen LogP contribution is 2.23. The van der Waals surface area contributed by atoms with E-state index >= 15 is 0 Å². The van der Waals surface area contributed by atoms with Gasteiger partial charge in [0.25, 0.3) is 5.91 Å². The molecule has 24 heavy (non-hydrogen) atoms. The minimum absolute atomic E-state index is 0.00621. The Morgan fingerprint density at radius 1 is 1.04 bits per heavy atom. The number of carbonyl (C=O) groups excluding carboxylic acids is 1. The number of hydrogen-bond donors (Lipinski definition) is 1. The first-order valence-electron chi connectivity index (χ1n) is 8.25. The van der Waals surface area contributed by atoms with Crippen LogP contribution in [0.25, 0.3) is 0 Å². The lowest BCUT2D eigenvalue weighted by molar-refractivity contribution is 0.102. The standard InChI is InChI=1S/C20H25NO3/c1-14(2)13-23-17-9-7-8-16(12-17)21-20(22)18-10-5-6-11-19(18)24-15(3)4/h5-12,14-15H,13H2,1-4H3,(H,21,22). The Morgan fingerprint density at radius 3 is 2.50 bits per heavy atom. The Hall–Kier alpha value is -2.49. The van der Waals surface area contributed by atoms with Crippen molar-refractivity contribution < 1.29 is 14.3 Å². The van der Waals surface area contributed by atoms with Crippen molar-refractivity contribution in [2.75, 3.05) is 11.9 Å². The third-order valence-electron chi connectivity index (χ3n) is 3.17. The molecule has 0 heterocycles. The zero-order valence-corrected chi connectivity index (χ0v) is 14.7. The van der Waals surface area contributed by atoms with Gasteiger partial charge in [0.2, 0.25) is 0 Å². The molecule has 2 aromatic rings. The molecular formula is C20H25NO3. The molecule has 1 amide bonds. The van der Waals surface area contributed by atoms with Crippen molar-refractivity contribution in [1.82, 2.24) is 0 Å². The molecule has 128 valence electrons. The number of carbonyl (C=O) groups is 1. The van der Waals surface area contributed by atoms with Crippen LogP contribution in [0.15, 0.2) is 48.5 Å². The number of amides is 1. The summed E-state index contributed by atoms with van der Waals surface area (Å²) in [4.78, 5) is 12.6. The highest BCUT2D eigenvalue weighted by Gasteiger charge is 2.13. The van der Waals surface area contributed by atoms with Crippen molar-refractivity contribution in [3.8, 4) is 11.5 Å². The van der Waals surface area contributed by atoms with Gasteiger partial charge in [0.05, 0.1) is 18.3 Å². The fraction of sp³-hybridized carbons (Fsp3) is 0.350. The van der Waals surface area contributed by atoms with E-state index in [4.69, 9.17) is 9.47 Å². The smallest absolute Gasteiger partial charge is 0.259 e. The molecule has 0 spiro atoms. The molecule has 0 atom stereocenters. The largest absolute Gasteiger partial charge is 0.493 e. The van der Waals surface area contributed by atoms with Crippen LogP contribution in [0.5, 0.6) is 11.5 Å². The number of rotatable bonds is 7. The summed E-state index contributed by atoms with van der Waals surface area (Å²) < 4.78 is 11.4. The number of hydrogen-bond acceptors (Lipinski definition) is 3. The fourth-order valence-electron chi connectivity index (χ4n) is 2.14. The monoisotopic (exact) mass is 327 g/mol. The van der Waals surface area contributed by atoms with Gasteiger partial charge in [-0.05, 0) is 44.0 Å². The fourth-order valence-corrected chi connectivity index (χ4v) is 2.14. The molecule has 0 aliphatic heterocycles. The molecule has 1 N–H and O–H groups in total. The Labute approximate surface area is 143 Å². The Kier molecular flexibility index (Phi) is 6.24. The van der Waals surface area contributed by atoms with E-state index in [1.807, 2.05) is 50.2 Å². The van der Waals surface area contributed by atoms with Crippen molar-refractivity contribution >= 4 is 11.6 Å². The number of benzene rings is 2. The van der Waals surface area contributed by atoms with Crippen LogP contribution < -0.4 is 14.8 Å². The zero-order chi connectivity index (χ0) is 17.5. The van der Waals surface area contributed by atoms with Gasteiger partial charge in [-0.3, -0.25) is 4.79 Å². The van der Waals surface area contributed by atoms with Crippen LogP contribution in [0.4, 0.5) is 5.69 Å². The minimum Gasteiger partial charge on any atom is -0.493 e. The molecule has 0 bridgehead atoms. The molecule has 0 radical (unpaired) electrons. The maximum Gasteiger partial charge on any atom is 0.259 e. The third-order valence-corrected chi connectivity index (χ3v) is 3.17. The van der Waals surface area contributed by atoms with E-state index in [0.717, 1.165) is 5.75 Å². The minimum atomic E-state index is -0.202. The van der Waals surface area contributed by atoms with E-state index in [-0.39, 0.29) is 12.0 Å². The maximum atomic E-state index is 12.6. The van der Waals surface area contributed by atoms with Crippen molar-refractivity contribution in [2.24, 2.45) is 5.92 Å². The Balaban J connectivity index is 2.11.